The number of rotatable bonds is 4. The number of nitrogens with one attached hydrogen (secondary N) is 4. The first-order valence-electron chi connectivity index (χ1n) is 7.87. The van der Waals surface area contributed by atoms with Crippen LogP contribution in [0, 0.1) is 5.92 Å². The fourth-order valence-corrected chi connectivity index (χ4v) is 3.03. The van der Waals surface area contributed by atoms with Crippen LogP contribution in [0.4, 0.5) is 5.69 Å². The predicted octanol–water partition coefficient (Wildman–Crippen LogP) is 0.461. The number of benzene rings is 1. The SMILES string of the molecule is O=C(CNC(=O)C1CCCC1)Nc1cccc2c(=O)[nH][nH]c(=O)c12. The molecule has 126 valence electrons. The molecular weight excluding hydrogens is 312 g/mol. The van der Waals surface area contributed by atoms with Crippen LogP contribution in [0.25, 0.3) is 10.8 Å². The lowest BCUT2D eigenvalue weighted by molar-refractivity contribution is -0.127. The van der Waals surface area contributed by atoms with Crippen molar-refractivity contribution in [1.29, 1.82) is 0 Å². The van der Waals surface area contributed by atoms with Crippen LogP contribution in [-0.4, -0.2) is 28.6 Å². The van der Waals surface area contributed by atoms with Crippen LogP contribution >= 0.6 is 0 Å². The van der Waals surface area contributed by atoms with Crippen molar-refractivity contribution in [3.63, 3.8) is 0 Å². The molecule has 0 unspecified atom stereocenters. The Balaban J connectivity index is 1.72. The van der Waals surface area contributed by atoms with E-state index in [1.165, 1.54) is 12.1 Å². The molecule has 8 heteroatoms. The minimum atomic E-state index is -0.504. The van der Waals surface area contributed by atoms with Gasteiger partial charge < -0.3 is 10.6 Å². The Morgan fingerprint density at radius 2 is 1.79 bits per heavy atom. The number of aromatic amines is 2. The van der Waals surface area contributed by atoms with E-state index in [1.54, 1.807) is 6.07 Å². The van der Waals surface area contributed by atoms with Gasteiger partial charge in [-0.05, 0) is 25.0 Å². The number of hydrogen-bond acceptors (Lipinski definition) is 4. The van der Waals surface area contributed by atoms with Crippen LogP contribution in [0.1, 0.15) is 25.7 Å². The molecule has 1 fully saturated rings. The van der Waals surface area contributed by atoms with Gasteiger partial charge in [-0.1, -0.05) is 18.9 Å². The zero-order chi connectivity index (χ0) is 17.1. The van der Waals surface area contributed by atoms with Crippen molar-refractivity contribution in [3.05, 3.63) is 38.9 Å². The molecule has 1 aromatic carbocycles. The molecule has 0 radical (unpaired) electrons. The molecule has 24 heavy (non-hydrogen) atoms. The molecule has 0 spiro atoms. The second-order valence-corrected chi connectivity index (χ2v) is 5.88. The highest BCUT2D eigenvalue weighted by molar-refractivity contribution is 6.02. The molecule has 0 aliphatic heterocycles. The summed E-state index contributed by atoms with van der Waals surface area (Å²) in [5.74, 6) is -0.583. The van der Waals surface area contributed by atoms with E-state index >= 15 is 0 Å². The second kappa shape index (κ2) is 6.69. The lowest BCUT2D eigenvalue weighted by atomic mass is 10.1. The summed E-state index contributed by atoms with van der Waals surface area (Å²) in [7, 11) is 0. The van der Waals surface area contributed by atoms with Gasteiger partial charge in [0.2, 0.25) is 11.8 Å². The van der Waals surface area contributed by atoms with Gasteiger partial charge in [0.05, 0.1) is 23.0 Å². The summed E-state index contributed by atoms with van der Waals surface area (Å²) in [4.78, 5) is 47.6. The summed E-state index contributed by atoms with van der Waals surface area (Å²) in [5, 5.41) is 9.94. The van der Waals surface area contributed by atoms with Crippen molar-refractivity contribution in [3.8, 4) is 0 Å². The third-order valence-corrected chi connectivity index (χ3v) is 4.25. The van der Waals surface area contributed by atoms with Gasteiger partial charge in [0.25, 0.3) is 11.1 Å². The van der Waals surface area contributed by atoms with E-state index < -0.39 is 17.0 Å². The van der Waals surface area contributed by atoms with Crippen molar-refractivity contribution in [2.24, 2.45) is 5.92 Å². The standard InChI is InChI=1S/C16H18N4O4/c21-12(8-17-14(22)9-4-1-2-5-9)18-11-7-3-6-10-13(11)16(24)20-19-15(10)23/h3,6-7,9H,1-2,4-5,8H2,(H,17,22)(H,18,21)(H,19,23)(H,20,24). The number of aromatic nitrogens is 2. The monoisotopic (exact) mass is 330 g/mol. The van der Waals surface area contributed by atoms with Crippen molar-refractivity contribution in [2.45, 2.75) is 25.7 Å². The number of hydrogen-bond donors (Lipinski definition) is 4. The van der Waals surface area contributed by atoms with Crippen LogP contribution in [0.15, 0.2) is 27.8 Å². The first-order chi connectivity index (χ1) is 11.6. The van der Waals surface area contributed by atoms with Crippen molar-refractivity contribution in [2.75, 3.05) is 11.9 Å². The molecule has 0 saturated heterocycles. The molecule has 1 aromatic heterocycles. The molecule has 1 heterocycles. The lowest BCUT2D eigenvalue weighted by Crippen LogP contribution is -2.36. The molecule has 3 rings (SSSR count). The fourth-order valence-electron chi connectivity index (χ4n) is 3.03. The van der Waals surface area contributed by atoms with Gasteiger partial charge in [0, 0.05) is 5.92 Å². The molecule has 1 aliphatic carbocycles. The Bertz CT molecular complexity index is 893. The second-order valence-electron chi connectivity index (χ2n) is 5.88. The number of amides is 2. The van der Waals surface area contributed by atoms with Gasteiger partial charge in [0.1, 0.15) is 0 Å². The lowest BCUT2D eigenvalue weighted by Gasteiger charge is -2.11. The van der Waals surface area contributed by atoms with Crippen molar-refractivity contribution in [1.82, 2.24) is 15.5 Å². The molecule has 2 aromatic rings. The first-order valence-corrected chi connectivity index (χ1v) is 7.87. The summed E-state index contributed by atoms with van der Waals surface area (Å²) < 4.78 is 0. The van der Waals surface area contributed by atoms with E-state index in [0.717, 1.165) is 25.7 Å². The third kappa shape index (κ3) is 3.22. The predicted molar refractivity (Wildman–Crippen MR) is 88.8 cm³/mol. The van der Waals surface area contributed by atoms with Crippen LogP contribution in [0.2, 0.25) is 0 Å². The normalized spacial score (nSPS) is 14.7. The van der Waals surface area contributed by atoms with E-state index in [4.69, 9.17) is 0 Å². The Hall–Kier alpha value is -2.90. The maximum atomic E-state index is 12.0. The van der Waals surface area contributed by atoms with E-state index in [-0.39, 0.29) is 34.8 Å². The van der Waals surface area contributed by atoms with Crippen LogP contribution in [-0.2, 0) is 9.59 Å². The summed E-state index contributed by atoms with van der Waals surface area (Å²) in [6.45, 7) is -0.174. The topological polar surface area (TPSA) is 124 Å². The highest BCUT2D eigenvalue weighted by atomic mass is 16.2. The largest absolute Gasteiger partial charge is 0.347 e. The van der Waals surface area contributed by atoms with Gasteiger partial charge in [-0.15, -0.1) is 0 Å². The average Bonchev–Trinajstić information content (AvgIpc) is 3.11. The van der Waals surface area contributed by atoms with Crippen molar-refractivity contribution < 1.29 is 9.59 Å². The number of carbonyl (C=O) groups is 2. The molecule has 2 amide bonds. The van der Waals surface area contributed by atoms with E-state index in [1.807, 2.05) is 0 Å². The molecule has 0 bridgehead atoms. The molecule has 1 saturated carbocycles. The van der Waals surface area contributed by atoms with E-state index in [9.17, 15) is 19.2 Å². The molecule has 1 aliphatic rings. The Labute approximate surface area is 136 Å². The molecular formula is C16H18N4O4. The summed E-state index contributed by atoms with van der Waals surface area (Å²) in [6.07, 6.45) is 3.79. The van der Waals surface area contributed by atoms with Gasteiger partial charge in [0.15, 0.2) is 0 Å². The number of carbonyl (C=O) groups excluding carboxylic acids is 2. The summed E-state index contributed by atoms with van der Waals surface area (Å²) >= 11 is 0. The molecule has 8 nitrogen and oxygen atoms in total. The van der Waals surface area contributed by atoms with E-state index in [2.05, 4.69) is 20.8 Å². The van der Waals surface area contributed by atoms with Gasteiger partial charge in [-0.25, -0.2) is 0 Å². The smallest absolute Gasteiger partial charge is 0.272 e. The minimum Gasteiger partial charge on any atom is -0.347 e. The molecule has 0 atom stereocenters. The van der Waals surface area contributed by atoms with E-state index in [0.29, 0.717) is 0 Å². The Morgan fingerprint density at radius 3 is 2.54 bits per heavy atom. The zero-order valence-electron chi connectivity index (χ0n) is 13.0. The first kappa shape index (κ1) is 16.0. The van der Waals surface area contributed by atoms with Gasteiger partial charge in [-0.3, -0.25) is 29.4 Å². The number of anilines is 1. The van der Waals surface area contributed by atoms with Crippen LogP contribution < -0.4 is 21.8 Å². The molecule has 4 N–H and O–H groups in total. The maximum absolute atomic E-state index is 12.0. The third-order valence-electron chi connectivity index (χ3n) is 4.25. The van der Waals surface area contributed by atoms with Gasteiger partial charge in [-0.2, -0.15) is 0 Å². The summed E-state index contributed by atoms with van der Waals surface area (Å²) in [5.41, 5.74) is -0.717. The average molecular weight is 330 g/mol. The highest BCUT2D eigenvalue weighted by Gasteiger charge is 2.22. The number of H-pyrrole nitrogens is 2. The van der Waals surface area contributed by atoms with Gasteiger partial charge >= 0.3 is 0 Å². The Morgan fingerprint density at radius 1 is 1.08 bits per heavy atom. The van der Waals surface area contributed by atoms with Crippen LogP contribution in [0.5, 0.6) is 0 Å². The highest BCUT2D eigenvalue weighted by Crippen LogP contribution is 2.24. The summed E-state index contributed by atoms with van der Waals surface area (Å²) in [6, 6.07) is 4.61. The van der Waals surface area contributed by atoms with Crippen LogP contribution in [0.3, 0.4) is 0 Å². The Kier molecular flexibility index (Phi) is 4.45. The minimum absolute atomic E-state index is 0.0169. The maximum Gasteiger partial charge on any atom is 0.272 e. The number of fused-ring (bicyclic) bond motifs is 1. The quantitative estimate of drug-likeness (QED) is 0.650. The fraction of sp³-hybridized carbons (Fsp3) is 0.375. The van der Waals surface area contributed by atoms with Crippen molar-refractivity contribution >= 4 is 28.3 Å². The zero-order valence-corrected chi connectivity index (χ0v) is 13.0.